The first-order valence-corrected chi connectivity index (χ1v) is 7.72. The third kappa shape index (κ3) is 2.76. The Kier molecular flexibility index (Phi) is 3.74. The van der Waals surface area contributed by atoms with Gasteiger partial charge in [0.15, 0.2) is 5.69 Å². The quantitative estimate of drug-likeness (QED) is 0.570. The van der Waals surface area contributed by atoms with E-state index < -0.39 is 0 Å². The minimum atomic E-state index is 0.338. The predicted molar refractivity (Wildman–Crippen MR) is 91.4 cm³/mol. The molecule has 7 nitrogen and oxygen atoms in total. The van der Waals surface area contributed by atoms with E-state index in [1.54, 1.807) is 11.8 Å². The van der Waals surface area contributed by atoms with Crippen molar-refractivity contribution in [1.82, 2.24) is 25.1 Å². The molecule has 0 radical (unpaired) electrons. The van der Waals surface area contributed by atoms with Gasteiger partial charge in [-0.05, 0) is 43.3 Å². The molecule has 0 aliphatic rings. The van der Waals surface area contributed by atoms with Gasteiger partial charge in [0.05, 0.1) is 18.5 Å². The molecule has 0 atom stereocenters. The number of aromatic nitrogens is 5. The molecule has 0 aliphatic heterocycles. The number of ether oxygens (including phenoxy) is 1. The maximum absolute atomic E-state index is 5.38. The zero-order chi connectivity index (χ0) is 17.2. The third-order valence-electron chi connectivity index (χ3n) is 3.87. The summed E-state index contributed by atoms with van der Waals surface area (Å²) in [6.07, 6.45) is 0. The Labute approximate surface area is 143 Å². The Hall–Kier alpha value is -3.48. The number of nitrogens with zero attached hydrogens (tertiary/aromatic N) is 5. The molecule has 4 aromatic rings. The highest BCUT2D eigenvalue weighted by Gasteiger charge is 2.18. The standard InChI is InChI=1S/C18H15N5O2/c1-12-16(20-22-23(12)14-6-4-3-5-7-14)18-19-17(21-25-18)13-8-10-15(24-2)11-9-13/h3-11H,1-2H3. The summed E-state index contributed by atoms with van der Waals surface area (Å²) < 4.78 is 12.3. The van der Waals surface area contributed by atoms with Crippen molar-refractivity contribution in [3.05, 3.63) is 60.3 Å². The van der Waals surface area contributed by atoms with Crippen LogP contribution in [-0.4, -0.2) is 32.2 Å². The second-order valence-electron chi connectivity index (χ2n) is 5.42. The van der Waals surface area contributed by atoms with Gasteiger partial charge in [-0.2, -0.15) is 4.98 Å². The van der Waals surface area contributed by atoms with Gasteiger partial charge in [-0.25, -0.2) is 4.68 Å². The van der Waals surface area contributed by atoms with E-state index in [0.717, 1.165) is 22.7 Å². The van der Waals surface area contributed by atoms with Crippen LogP contribution in [0.4, 0.5) is 0 Å². The minimum absolute atomic E-state index is 0.338. The zero-order valence-electron chi connectivity index (χ0n) is 13.7. The molecule has 0 amide bonds. The second kappa shape index (κ2) is 6.20. The van der Waals surface area contributed by atoms with Gasteiger partial charge in [-0.1, -0.05) is 28.6 Å². The Morgan fingerprint density at radius 3 is 2.48 bits per heavy atom. The number of methoxy groups -OCH3 is 1. The van der Waals surface area contributed by atoms with Crippen molar-refractivity contribution >= 4 is 0 Å². The van der Waals surface area contributed by atoms with E-state index in [0.29, 0.717) is 17.4 Å². The summed E-state index contributed by atoms with van der Waals surface area (Å²) in [5.74, 6) is 1.60. The van der Waals surface area contributed by atoms with Crippen LogP contribution in [0.2, 0.25) is 0 Å². The van der Waals surface area contributed by atoms with Gasteiger partial charge in [0.1, 0.15) is 5.75 Å². The van der Waals surface area contributed by atoms with Crippen molar-refractivity contribution in [2.24, 2.45) is 0 Å². The normalized spacial score (nSPS) is 10.8. The summed E-state index contributed by atoms with van der Waals surface area (Å²) in [7, 11) is 1.63. The van der Waals surface area contributed by atoms with Crippen molar-refractivity contribution in [3.8, 4) is 34.4 Å². The third-order valence-corrected chi connectivity index (χ3v) is 3.87. The van der Waals surface area contributed by atoms with Crippen LogP contribution in [0.3, 0.4) is 0 Å². The Morgan fingerprint density at radius 1 is 1.00 bits per heavy atom. The van der Waals surface area contributed by atoms with Crippen molar-refractivity contribution in [2.45, 2.75) is 6.92 Å². The molecule has 124 valence electrons. The van der Waals surface area contributed by atoms with E-state index in [9.17, 15) is 0 Å². The summed E-state index contributed by atoms with van der Waals surface area (Å²) in [6, 6.07) is 17.2. The van der Waals surface area contributed by atoms with E-state index >= 15 is 0 Å². The lowest BCUT2D eigenvalue weighted by molar-refractivity contribution is 0.414. The maximum atomic E-state index is 5.38. The molecule has 2 aromatic carbocycles. The first-order valence-electron chi connectivity index (χ1n) is 7.72. The van der Waals surface area contributed by atoms with Gasteiger partial charge in [-0.3, -0.25) is 0 Å². The average molecular weight is 333 g/mol. The number of hydrogen-bond acceptors (Lipinski definition) is 6. The molecule has 0 saturated heterocycles. The molecular weight excluding hydrogens is 318 g/mol. The first kappa shape index (κ1) is 15.1. The Morgan fingerprint density at radius 2 is 1.76 bits per heavy atom. The molecule has 0 saturated carbocycles. The number of benzene rings is 2. The predicted octanol–water partition coefficient (Wildman–Crippen LogP) is 3.30. The molecule has 4 rings (SSSR count). The summed E-state index contributed by atoms with van der Waals surface area (Å²) in [5, 5.41) is 12.4. The lowest BCUT2D eigenvalue weighted by Gasteiger charge is -2.01. The highest BCUT2D eigenvalue weighted by atomic mass is 16.5. The van der Waals surface area contributed by atoms with Crippen LogP contribution in [0.1, 0.15) is 5.69 Å². The fraction of sp³-hybridized carbons (Fsp3) is 0.111. The molecule has 0 aliphatic carbocycles. The summed E-state index contributed by atoms with van der Waals surface area (Å²) in [6.45, 7) is 1.92. The SMILES string of the molecule is COc1ccc(-c2noc(-c3nnn(-c4ccccc4)c3C)n2)cc1. The van der Waals surface area contributed by atoms with Gasteiger partial charge >= 0.3 is 0 Å². The van der Waals surface area contributed by atoms with Crippen LogP contribution >= 0.6 is 0 Å². The molecule has 2 aromatic heterocycles. The van der Waals surface area contributed by atoms with Crippen LogP contribution in [0, 0.1) is 6.92 Å². The lowest BCUT2D eigenvalue weighted by atomic mass is 10.2. The first-order chi connectivity index (χ1) is 12.3. The number of hydrogen-bond donors (Lipinski definition) is 0. The molecule has 0 fully saturated rings. The Balaban J connectivity index is 1.67. The summed E-state index contributed by atoms with van der Waals surface area (Å²) in [5.41, 5.74) is 3.16. The average Bonchev–Trinajstić information content (AvgIpc) is 3.29. The molecule has 0 spiro atoms. The van der Waals surface area contributed by atoms with Crippen LogP contribution in [0.5, 0.6) is 5.75 Å². The van der Waals surface area contributed by atoms with E-state index in [4.69, 9.17) is 9.26 Å². The topological polar surface area (TPSA) is 78.9 Å². The Bertz CT molecular complexity index is 990. The van der Waals surface area contributed by atoms with Crippen LogP contribution in [0.25, 0.3) is 28.7 Å². The number of para-hydroxylation sites is 1. The van der Waals surface area contributed by atoms with E-state index in [2.05, 4.69) is 20.5 Å². The van der Waals surface area contributed by atoms with Crippen LogP contribution < -0.4 is 4.74 Å². The summed E-state index contributed by atoms with van der Waals surface area (Å²) >= 11 is 0. The van der Waals surface area contributed by atoms with Gasteiger partial charge in [-0.15, -0.1) is 5.10 Å². The van der Waals surface area contributed by atoms with Crippen molar-refractivity contribution < 1.29 is 9.26 Å². The molecule has 25 heavy (non-hydrogen) atoms. The van der Waals surface area contributed by atoms with E-state index in [1.165, 1.54) is 0 Å². The molecule has 7 heteroatoms. The van der Waals surface area contributed by atoms with Gasteiger partial charge < -0.3 is 9.26 Å². The van der Waals surface area contributed by atoms with Crippen LogP contribution in [-0.2, 0) is 0 Å². The zero-order valence-corrected chi connectivity index (χ0v) is 13.7. The molecule has 0 unspecified atom stereocenters. The van der Waals surface area contributed by atoms with E-state index in [1.807, 2.05) is 61.5 Å². The van der Waals surface area contributed by atoms with Crippen molar-refractivity contribution in [2.75, 3.05) is 7.11 Å². The molecule has 0 N–H and O–H groups in total. The van der Waals surface area contributed by atoms with Crippen LogP contribution in [0.15, 0.2) is 59.1 Å². The monoisotopic (exact) mass is 333 g/mol. The van der Waals surface area contributed by atoms with Gasteiger partial charge in [0.2, 0.25) is 5.82 Å². The van der Waals surface area contributed by atoms with Crippen molar-refractivity contribution in [1.29, 1.82) is 0 Å². The highest BCUT2D eigenvalue weighted by Crippen LogP contribution is 2.25. The van der Waals surface area contributed by atoms with Crippen molar-refractivity contribution in [3.63, 3.8) is 0 Å². The fourth-order valence-electron chi connectivity index (χ4n) is 2.52. The van der Waals surface area contributed by atoms with E-state index in [-0.39, 0.29) is 0 Å². The molecule has 2 heterocycles. The molecular formula is C18H15N5O2. The second-order valence-corrected chi connectivity index (χ2v) is 5.42. The summed E-state index contributed by atoms with van der Waals surface area (Å²) in [4.78, 5) is 4.44. The highest BCUT2D eigenvalue weighted by molar-refractivity contribution is 5.59. The maximum Gasteiger partial charge on any atom is 0.280 e. The van der Waals surface area contributed by atoms with Gasteiger partial charge in [0.25, 0.3) is 5.89 Å². The smallest absolute Gasteiger partial charge is 0.280 e. The van der Waals surface area contributed by atoms with Gasteiger partial charge in [0, 0.05) is 5.56 Å². The largest absolute Gasteiger partial charge is 0.497 e. The lowest BCUT2D eigenvalue weighted by Crippen LogP contribution is -1.98. The molecule has 0 bridgehead atoms. The minimum Gasteiger partial charge on any atom is -0.497 e. The number of rotatable bonds is 4. The fourth-order valence-corrected chi connectivity index (χ4v) is 2.52.